The smallest absolute Gasteiger partial charge is 0.355 e. The minimum atomic E-state index is -1.92. The number of nitrogens with one attached hydrogen (secondary N) is 1. The number of rotatable bonds is 7. The van der Waals surface area contributed by atoms with Crippen molar-refractivity contribution in [3.63, 3.8) is 0 Å². The number of nitrogens with zero attached hydrogens (tertiary/aromatic N) is 1. The van der Waals surface area contributed by atoms with Crippen molar-refractivity contribution in [2.45, 2.75) is 28.6 Å². The van der Waals surface area contributed by atoms with Crippen LogP contribution in [0.3, 0.4) is 0 Å². The number of thiophene rings is 1. The zero-order valence-electron chi connectivity index (χ0n) is 17.0. The molecule has 3 rings (SSSR count). The molecule has 0 bridgehead atoms. The Labute approximate surface area is 210 Å². The van der Waals surface area contributed by atoms with Gasteiger partial charge < -0.3 is 19.3 Å². The third-order valence-electron chi connectivity index (χ3n) is 4.58. The minimum absolute atomic E-state index is 0.0352. The van der Waals surface area contributed by atoms with Gasteiger partial charge in [0, 0.05) is 23.0 Å². The van der Waals surface area contributed by atoms with Gasteiger partial charge in [-0.1, -0.05) is 40.9 Å². The van der Waals surface area contributed by atoms with Crippen LogP contribution < -0.4 is 5.32 Å². The normalized spacial score (nSPS) is 22.5. The van der Waals surface area contributed by atoms with Gasteiger partial charge in [-0.05, 0) is 18.0 Å². The van der Waals surface area contributed by atoms with Crippen molar-refractivity contribution in [2.24, 2.45) is 0 Å². The molecule has 178 valence electrons. The molecule has 14 heteroatoms. The largest absolute Gasteiger partial charge is 0.610 e. The molecule has 2 aliphatic rings. The summed E-state index contributed by atoms with van der Waals surface area (Å²) in [5, 5.41) is 3.26. The molecule has 0 saturated carbocycles. The number of hydrogen-bond donors (Lipinski definition) is 1. The number of amides is 2. The van der Waals surface area contributed by atoms with E-state index in [1.54, 1.807) is 12.1 Å². The molecule has 0 aliphatic carbocycles. The van der Waals surface area contributed by atoms with Crippen LogP contribution in [0, 0.1) is 0 Å². The van der Waals surface area contributed by atoms with Gasteiger partial charge in [0.15, 0.2) is 10.9 Å². The van der Waals surface area contributed by atoms with E-state index in [1.165, 1.54) is 11.3 Å². The summed E-state index contributed by atoms with van der Waals surface area (Å²) in [5.41, 5.74) is -0.403. The van der Waals surface area contributed by atoms with E-state index >= 15 is 0 Å². The van der Waals surface area contributed by atoms with Gasteiger partial charge in [0.25, 0.3) is 5.91 Å². The van der Waals surface area contributed by atoms with Crippen LogP contribution in [0.15, 0.2) is 40.3 Å². The Morgan fingerprint density at radius 2 is 2.03 bits per heavy atom. The third-order valence-corrected chi connectivity index (χ3v) is 7.44. The molecule has 3 heterocycles. The molecule has 2 aliphatic heterocycles. The number of ether oxygens (including phenoxy) is 2. The standard InChI is InChI=1S/C19H17Cl3N2O7S2/c1-9-12(7-30-10(2)25)15(18(28)31-8-19(20,21)22)24-16(27)14(17(24)33(9)29)23-13(26)6-11-4-3-5-32-11/h3-5,14,17H,1,6-8H2,2H3,(H,23,26)/t14?,17-,33?/m0/s1. The molecule has 0 spiro atoms. The molecular weight excluding hydrogens is 539 g/mol. The number of carbonyl (C=O) groups excluding carboxylic acids is 4. The first-order valence-corrected chi connectivity index (χ1v) is 12.5. The quantitative estimate of drug-likeness (QED) is 0.236. The van der Waals surface area contributed by atoms with E-state index in [-0.39, 0.29) is 22.6 Å². The number of esters is 2. The van der Waals surface area contributed by atoms with Gasteiger partial charge >= 0.3 is 11.9 Å². The fourth-order valence-corrected chi connectivity index (χ4v) is 5.54. The van der Waals surface area contributed by atoms with Gasteiger partial charge in [-0.15, -0.1) is 11.3 Å². The highest BCUT2D eigenvalue weighted by Gasteiger charge is 2.62. The maximum Gasteiger partial charge on any atom is 0.355 e. The first kappa shape index (κ1) is 25.9. The van der Waals surface area contributed by atoms with Crippen molar-refractivity contribution in [3.05, 3.63) is 45.1 Å². The number of fused-ring (bicyclic) bond motifs is 1. The lowest BCUT2D eigenvalue weighted by Gasteiger charge is -2.49. The van der Waals surface area contributed by atoms with Gasteiger partial charge in [0.1, 0.15) is 18.9 Å². The van der Waals surface area contributed by atoms with Crippen molar-refractivity contribution >= 4 is 81.1 Å². The predicted octanol–water partition coefficient (Wildman–Crippen LogP) is 1.95. The monoisotopic (exact) mass is 554 g/mol. The Hall–Kier alpha value is -1.76. The van der Waals surface area contributed by atoms with Gasteiger partial charge in [0.05, 0.1) is 12.0 Å². The van der Waals surface area contributed by atoms with Crippen molar-refractivity contribution in [2.75, 3.05) is 13.2 Å². The Kier molecular flexibility index (Phi) is 8.03. The van der Waals surface area contributed by atoms with Crippen LogP contribution in [0.25, 0.3) is 0 Å². The average Bonchev–Trinajstić information content (AvgIpc) is 3.23. The van der Waals surface area contributed by atoms with Gasteiger partial charge in [-0.25, -0.2) is 4.79 Å². The zero-order chi connectivity index (χ0) is 24.5. The number of hydrogen-bond acceptors (Lipinski definition) is 8. The summed E-state index contributed by atoms with van der Waals surface area (Å²) in [6.07, 6.45) is 0.0352. The van der Waals surface area contributed by atoms with Crippen molar-refractivity contribution < 1.29 is 33.2 Å². The molecular formula is C19H17Cl3N2O7S2. The van der Waals surface area contributed by atoms with E-state index in [2.05, 4.69) is 11.9 Å². The van der Waals surface area contributed by atoms with E-state index in [0.29, 0.717) is 0 Å². The first-order valence-electron chi connectivity index (χ1n) is 9.25. The van der Waals surface area contributed by atoms with Crippen LogP contribution in [0.5, 0.6) is 0 Å². The molecule has 0 aromatic carbocycles. The van der Waals surface area contributed by atoms with E-state index in [0.717, 1.165) is 16.7 Å². The molecule has 3 atom stereocenters. The van der Waals surface area contributed by atoms with Crippen molar-refractivity contribution in [1.82, 2.24) is 10.2 Å². The first-order chi connectivity index (χ1) is 15.4. The lowest BCUT2D eigenvalue weighted by Crippen LogP contribution is -2.74. The third kappa shape index (κ3) is 5.84. The molecule has 2 amide bonds. The van der Waals surface area contributed by atoms with E-state index in [1.807, 2.05) is 5.38 Å². The predicted molar refractivity (Wildman–Crippen MR) is 123 cm³/mol. The summed E-state index contributed by atoms with van der Waals surface area (Å²) in [6, 6.07) is 2.40. The van der Waals surface area contributed by atoms with E-state index < -0.39 is 63.4 Å². The van der Waals surface area contributed by atoms with Crippen LogP contribution in [-0.4, -0.2) is 61.6 Å². The van der Waals surface area contributed by atoms with Crippen LogP contribution in [-0.2, 0) is 46.2 Å². The van der Waals surface area contributed by atoms with Crippen molar-refractivity contribution in [1.29, 1.82) is 0 Å². The molecule has 9 nitrogen and oxygen atoms in total. The molecule has 1 N–H and O–H groups in total. The van der Waals surface area contributed by atoms with Crippen LogP contribution in [0.4, 0.5) is 0 Å². The van der Waals surface area contributed by atoms with Gasteiger partial charge in [0.2, 0.25) is 15.1 Å². The van der Waals surface area contributed by atoms with Crippen LogP contribution >= 0.6 is 46.1 Å². The molecule has 1 saturated heterocycles. The lowest BCUT2D eigenvalue weighted by molar-refractivity contribution is -0.153. The second-order valence-electron chi connectivity index (χ2n) is 6.92. The number of alkyl halides is 3. The second kappa shape index (κ2) is 10.2. The maximum atomic E-state index is 13.1. The Morgan fingerprint density at radius 1 is 1.33 bits per heavy atom. The molecule has 1 fully saturated rings. The van der Waals surface area contributed by atoms with E-state index in [9.17, 15) is 23.7 Å². The topological polar surface area (TPSA) is 125 Å². The number of β-lactam (4-membered cyclic amide) rings is 1. The Morgan fingerprint density at radius 3 is 2.61 bits per heavy atom. The summed E-state index contributed by atoms with van der Waals surface area (Å²) < 4.78 is 21.1. The van der Waals surface area contributed by atoms with Crippen LogP contribution in [0.2, 0.25) is 0 Å². The minimum Gasteiger partial charge on any atom is -0.610 e. The Balaban J connectivity index is 1.86. The summed E-state index contributed by atoms with van der Waals surface area (Å²) in [5.74, 6) is -2.89. The second-order valence-corrected chi connectivity index (χ2v) is 12.0. The zero-order valence-corrected chi connectivity index (χ0v) is 20.9. The molecule has 33 heavy (non-hydrogen) atoms. The fourth-order valence-electron chi connectivity index (χ4n) is 3.15. The SMILES string of the molecule is C=C1C(COC(C)=O)=C(C(=O)OCC(Cl)(Cl)Cl)N2C(=O)C(NC(=O)Cc3cccs3)[C@@H]2[S+]1[O-]. The van der Waals surface area contributed by atoms with E-state index in [4.69, 9.17) is 44.3 Å². The van der Waals surface area contributed by atoms with Crippen LogP contribution in [0.1, 0.15) is 11.8 Å². The average molecular weight is 556 g/mol. The Bertz CT molecular complexity index is 1020. The number of carbonyl (C=O) groups is 4. The maximum absolute atomic E-state index is 13.1. The molecule has 1 aromatic heterocycles. The number of halogens is 3. The van der Waals surface area contributed by atoms with Gasteiger partial charge in [-0.2, -0.15) is 0 Å². The highest BCUT2D eigenvalue weighted by molar-refractivity contribution is 7.96. The summed E-state index contributed by atoms with van der Waals surface area (Å²) in [7, 11) is 0. The summed E-state index contributed by atoms with van der Waals surface area (Å²) >= 11 is 16.3. The fraction of sp³-hybridized carbons (Fsp3) is 0.368. The highest BCUT2D eigenvalue weighted by atomic mass is 35.6. The highest BCUT2D eigenvalue weighted by Crippen LogP contribution is 2.42. The van der Waals surface area contributed by atoms with Crippen molar-refractivity contribution in [3.8, 4) is 0 Å². The summed E-state index contributed by atoms with van der Waals surface area (Å²) in [6.45, 7) is 3.75. The molecule has 0 radical (unpaired) electrons. The molecule has 2 unspecified atom stereocenters. The lowest BCUT2D eigenvalue weighted by atomic mass is 10.0. The molecule has 1 aromatic rings. The summed E-state index contributed by atoms with van der Waals surface area (Å²) in [4.78, 5) is 51.1. The van der Waals surface area contributed by atoms with Gasteiger partial charge in [-0.3, -0.25) is 19.3 Å².